The maximum absolute atomic E-state index is 12.8. The summed E-state index contributed by atoms with van der Waals surface area (Å²) >= 11 is 0. The number of nitrogens with zero attached hydrogens (tertiary/aromatic N) is 2. The van der Waals surface area contributed by atoms with Crippen molar-refractivity contribution in [2.45, 2.75) is 45.5 Å². The van der Waals surface area contributed by atoms with E-state index in [-0.39, 0.29) is 70.4 Å². The summed E-state index contributed by atoms with van der Waals surface area (Å²) in [5.74, 6) is -1.29. The van der Waals surface area contributed by atoms with Crippen molar-refractivity contribution in [3.8, 4) is 34.5 Å². The lowest BCUT2D eigenvalue weighted by Crippen LogP contribution is -2.26. The number of carboxylic acids is 1. The number of aromatic nitrogens is 2. The van der Waals surface area contributed by atoms with Crippen LogP contribution < -0.4 is 49.7 Å². The number of nitrogens with one attached hydrogen (secondary N) is 4. The third-order valence-electron chi connectivity index (χ3n) is 17.2. The van der Waals surface area contributed by atoms with E-state index in [1.54, 1.807) is 106 Å². The van der Waals surface area contributed by atoms with Gasteiger partial charge in [-0.25, -0.2) is 19.2 Å². The van der Waals surface area contributed by atoms with Crippen LogP contribution in [0.25, 0.3) is 0 Å². The number of aromatic carboxylic acids is 1. The van der Waals surface area contributed by atoms with Gasteiger partial charge < -0.3 is 69.0 Å². The molecule has 0 atom stereocenters. The first-order chi connectivity index (χ1) is 56.0. The van der Waals surface area contributed by atoms with Crippen molar-refractivity contribution in [2.24, 2.45) is 0 Å². The smallest absolute Gasteiger partial charge is 0.342 e. The number of carboxylic acid groups (broad SMARTS) is 1. The first kappa shape index (κ1) is 84.1. The van der Waals surface area contributed by atoms with Gasteiger partial charge in [0.2, 0.25) is 0 Å². The molecule has 5 N–H and O–H groups in total. The Hall–Kier alpha value is -14.9. The molecule has 0 saturated carbocycles. The van der Waals surface area contributed by atoms with Gasteiger partial charge in [-0.15, -0.1) is 0 Å². The number of carbonyl (C=O) groups excluding carboxylic acids is 7. The summed E-state index contributed by atoms with van der Waals surface area (Å²) in [6, 6.07) is 78.1. The summed E-state index contributed by atoms with van der Waals surface area (Å²) in [7, 11) is 9.01. The lowest BCUT2D eigenvalue weighted by Gasteiger charge is -2.19. The van der Waals surface area contributed by atoms with Gasteiger partial charge >= 0.3 is 23.9 Å². The summed E-state index contributed by atoms with van der Waals surface area (Å²) < 4.78 is 47.5. The predicted molar refractivity (Wildman–Crippen MR) is 429 cm³/mol. The van der Waals surface area contributed by atoms with Crippen LogP contribution in [-0.4, -0.2) is 105 Å². The number of amides is 4. The van der Waals surface area contributed by atoms with Gasteiger partial charge in [0.05, 0.1) is 64.9 Å². The van der Waals surface area contributed by atoms with E-state index in [0.717, 1.165) is 56.0 Å². The van der Waals surface area contributed by atoms with Crippen LogP contribution in [-0.2, 0) is 53.6 Å². The van der Waals surface area contributed by atoms with Crippen LogP contribution in [0.15, 0.2) is 292 Å². The monoisotopic (exact) mass is 1550 g/mol. The van der Waals surface area contributed by atoms with Crippen molar-refractivity contribution in [3.63, 3.8) is 0 Å². The zero-order chi connectivity index (χ0) is 81.7. The molecule has 2 aromatic heterocycles. The highest BCUT2D eigenvalue weighted by molar-refractivity contribution is 6.03. The first-order valence-corrected chi connectivity index (χ1v) is 35.8. The Labute approximate surface area is 664 Å². The second kappa shape index (κ2) is 44.0. The van der Waals surface area contributed by atoms with Crippen LogP contribution in [0, 0.1) is 0 Å². The van der Waals surface area contributed by atoms with E-state index in [2.05, 4.69) is 31.2 Å². The number of benzene rings is 10. The molecule has 12 aromatic rings. The van der Waals surface area contributed by atoms with Gasteiger partial charge in [0.1, 0.15) is 58.8 Å². The second-order valence-electron chi connectivity index (χ2n) is 24.8. The fourth-order valence-corrected chi connectivity index (χ4v) is 11.0. The zero-order valence-corrected chi connectivity index (χ0v) is 63.8. The first-order valence-electron chi connectivity index (χ1n) is 35.8. The molecule has 0 unspecified atom stereocenters. The normalized spacial score (nSPS) is 10.3. The highest BCUT2D eigenvalue weighted by Crippen LogP contribution is 2.30. The maximum Gasteiger partial charge on any atom is 0.342 e. The maximum atomic E-state index is 12.8. The van der Waals surface area contributed by atoms with Crippen molar-refractivity contribution < 1.29 is 86.1 Å². The van der Waals surface area contributed by atoms with Crippen LogP contribution in [0.1, 0.15) is 133 Å². The van der Waals surface area contributed by atoms with Gasteiger partial charge in [-0.1, -0.05) is 146 Å². The average molecular weight is 1550 g/mol. The highest BCUT2D eigenvalue weighted by Gasteiger charge is 2.25. The van der Waals surface area contributed by atoms with Crippen LogP contribution in [0.5, 0.6) is 34.5 Å². The Morgan fingerprint density at radius 2 is 0.609 bits per heavy atom. The molecule has 115 heavy (non-hydrogen) atoms. The van der Waals surface area contributed by atoms with E-state index in [1.807, 2.05) is 170 Å². The molecule has 0 saturated heterocycles. The molecule has 0 aliphatic carbocycles. The topological polar surface area (TPSA) is 314 Å². The lowest BCUT2D eigenvalue weighted by molar-refractivity contribution is 0.0375. The zero-order valence-electron chi connectivity index (χ0n) is 63.8. The number of methoxy groups -OCH3 is 6. The minimum atomic E-state index is -1.19. The van der Waals surface area contributed by atoms with Gasteiger partial charge in [-0.2, -0.15) is 0 Å². The highest BCUT2D eigenvalue weighted by atomic mass is 16.6. The Balaban J connectivity index is 0.000000176. The van der Waals surface area contributed by atoms with Gasteiger partial charge in [-0.3, -0.25) is 29.1 Å². The van der Waals surface area contributed by atoms with Crippen LogP contribution in [0.3, 0.4) is 0 Å². The summed E-state index contributed by atoms with van der Waals surface area (Å²) in [6.45, 7) is 1.78. The third-order valence-corrected chi connectivity index (χ3v) is 17.2. The SMILES string of the molecule is COc1ccc(C(=O)NCc2ccccc2)cc1C(=O)NCc1ccccc1.COc1ccc(C(=O)OC(c2ccncc2)c2ccncc2)cc1C(=O)O.COc1ccc(C(=O)OCc2ccccc2)cc1C(=O)OCc1ccccc1.COc1ccc(CNC(=O)c2ccc(OC)c(C(=O)NCc3ccc(OC)cc3)c2)cc1. The molecule has 4 amide bonds. The fraction of sp³-hybridized carbons (Fsp3) is 0.143. The van der Waals surface area contributed by atoms with Gasteiger partial charge in [0, 0.05) is 73.2 Å². The average Bonchev–Trinajstić information content (AvgIpc) is 0.963. The third kappa shape index (κ3) is 25.6. The fourth-order valence-electron chi connectivity index (χ4n) is 11.0. The largest absolute Gasteiger partial charge is 0.497 e. The van der Waals surface area contributed by atoms with Crippen molar-refractivity contribution in [3.05, 3.63) is 381 Å². The second-order valence-corrected chi connectivity index (χ2v) is 24.8. The van der Waals surface area contributed by atoms with E-state index in [9.17, 15) is 43.5 Å². The van der Waals surface area contributed by atoms with E-state index in [0.29, 0.717) is 60.1 Å². The number of hydrogen-bond donors (Lipinski definition) is 5. The summed E-state index contributed by atoms with van der Waals surface area (Å²) in [6.07, 6.45) is 5.74. The molecule has 0 bridgehead atoms. The van der Waals surface area contributed by atoms with Crippen LogP contribution >= 0.6 is 0 Å². The Kier molecular flexibility index (Phi) is 32.2. The van der Waals surface area contributed by atoms with Crippen molar-refractivity contribution >= 4 is 47.5 Å². The number of pyridine rings is 2. The molecule has 0 aliphatic rings. The molecule has 0 aliphatic heterocycles. The summed E-state index contributed by atoms with van der Waals surface area (Å²) in [5.41, 5.74) is 8.88. The predicted octanol–water partition coefficient (Wildman–Crippen LogP) is 14.7. The van der Waals surface area contributed by atoms with Gasteiger partial charge in [0.15, 0.2) is 6.10 Å². The number of rotatable bonds is 29. The molecule has 0 fully saturated rings. The number of hydrogen-bond acceptors (Lipinski definition) is 19. The molecular formula is C91H84N6O18. The summed E-state index contributed by atoms with van der Waals surface area (Å²) in [5, 5.41) is 20.7. The molecule has 10 aromatic carbocycles. The van der Waals surface area contributed by atoms with Gasteiger partial charge in [0.25, 0.3) is 23.6 Å². The van der Waals surface area contributed by atoms with E-state index in [1.165, 1.54) is 58.8 Å². The Bertz CT molecular complexity index is 4990. The molecule has 24 heteroatoms. The standard InChI is InChI=1S/C25H26N2O5.C23H22N2O3.C23H20O5.C20H16N2O5/c1-30-20-9-4-17(5-10-20)15-26-24(28)19-8-13-23(32-3)22(14-19)25(29)27-16-18-6-11-21(31-2)12-7-18;1-28-21-13-12-19(22(26)24-15-17-8-4-2-5-9-17)14-20(21)23(27)25-16-18-10-6-3-7-11-18;1-26-21-13-12-19(22(24)27-15-17-8-4-2-5-9-17)14-20(21)23(25)28-16-18-10-6-3-7-11-18;1-26-17-3-2-15(12-16(17)19(23)24)20(25)27-18(13-4-8-21-9-5-13)14-6-10-22-11-7-14/h4-14H,15-16H2,1-3H3,(H,26,28)(H,27,29);2-14H,15-16H2,1H3,(H,24,26)(H,25,27);2-14H,15-16H2,1H3;2-12,18H,1H3,(H,23,24). The van der Waals surface area contributed by atoms with E-state index in [4.69, 9.17) is 42.6 Å². The molecule has 586 valence electrons. The molecule has 2 heterocycles. The van der Waals surface area contributed by atoms with Crippen molar-refractivity contribution in [2.75, 3.05) is 42.7 Å². The number of esters is 3. The number of ether oxygens (including phenoxy) is 9. The van der Waals surface area contributed by atoms with Crippen molar-refractivity contribution in [1.82, 2.24) is 31.2 Å². The Morgan fingerprint density at radius 1 is 0.304 bits per heavy atom. The van der Waals surface area contributed by atoms with E-state index < -0.39 is 30.0 Å². The minimum Gasteiger partial charge on any atom is -0.497 e. The van der Waals surface area contributed by atoms with Crippen LogP contribution in [0.2, 0.25) is 0 Å². The Morgan fingerprint density at radius 3 is 0.974 bits per heavy atom. The quantitative estimate of drug-likeness (QED) is 0.0215. The van der Waals surface area contributed by atoms with E-state index >= 15 is 0 Å². The molecule has 0 spiro atoms. The van der Waals surface area contributed by atoms with Gasteiger partial charge in [-0.05, 0) is 155 Å². The summed E-state index contributed by atoms with van der Waals surface area (Å²) in [4.78, 5) is 107. The van der Waals surface area contributed by atoms with Crippen LogP contribution in [0.4, 0.5) is 0 Å². The molecular weight excluding hydrogens is 1470 g/mol. The molecule has 24 nitrogen and oxygen atoms in total. The lowest BCUT2D eigenvalue weighted by atomic mass is 10.0. The molecule has 0 radical (unpaired) electrons. The molecule has 12 rings (SSSR count). The minimum absolute atomic E-state index is 0.112. The van der Waals surface area contributed by atoms with Crippen molar-refractivity contribution in [1.29, 1.82) is 0 Å². The number of carbonyl (C=O) groups is 8.